The highest BCUT2D eigenvalue weighted by molar-refractivity contribution is 7.80. The molecule has 70 heavy (non-hydrogen) atoms. The lowest BCUT2D eigenvalue weighted by Crippen LogP contribution is -2.60. The Bertz CT molecular complexity index is 1580. The van der Waals surface area contributed by atoms with Crippen LogP contribution in [0.4, 0.5) is 0 Å². The average molecular weight is 1010 g/mol. The Morgan fingerprint density at radius 3 is 1.37 bits per heavy atom. The van der Waals surface area contributed by atoms with Gasteiger partial charge in [-0.15, -0.1) is 0 Å². The minimum absolute atomic E-state index is 0.0230. The first-order valence-corrected chi connectivity index (χ1v) is 28.4. The maximum atomic E-state index is 12.9. The number of ether oxygens (including phenoxy) is 4. The standard InChI is InChI=1S/C57H96O12S/c1-3-5-7-9-11-13-15-17-19-21-22-23-24-25-26-27-28-29-31-33-35-37-39-41-43-45-47-65-49-51(50-66-57-55(61)56(69-70(62,63)64)54(60)52(48-58)68-57)67-53(59)46-44-42-40-38-36-34-32-30-20-18-16-14-12-10-8-6-4-2/h5-8,11-14,17-20,22-23,25-26,51-52,54-58,60-61H,3-4,9-10,15-16,21,24,27-50H2,1-2H3,(H,62,63,64)/b7-5-,8-6-,13-11-,14-12-,19-17-,20-18-,23-22-,26-25-. The van der Waals surface area contributed by atoms with E-state index in [0.717, 1.165) is 109 Å². The summed E-state index contributed by atoms with van der Waals surface area (Å²) in [6.07, 6.45) is 55.8. The Morgan fingerprint density at radius 1 is 0.543 bits per heavy atom. The molecular weight excluding hydrogens is 909 g/mol. The number of aliphatic hydroxyl groups is 3. The molecule has 0 aromatic carbocycles. The van der Waals surface area contributed by atoms with E-state index in [4.69, 9.17) is 18.9 Å². The number of hydrogen-bond acceptors (Lipinski definition) is 11. The van der Waals surface area contributed by atoms with Crippen LogP contribution in [0, 0.1) is 0 Å². The van der Waals surface area contributed by atoms with Crippen molar-refractivity contribution >= 4 is 16.4 Å². The predicted octanol–water partition coefficient (Wildman–Crippen LogP) is 13.0. The van der Waals surface area contributed by atoms with Gasteiger partial charge in [-0.2, -0.15) is 8.42 Å². The molecule has 0 bridgehead atoms. The number of unbranched alkanes of at least 4 members (excludes halogenated alkanes) is 17. The van der Waals surface area contributed by atoms with E-state index in [1.165, 1.54) is 57.8 Å². The second-order valence-electron chi connectivity index (χ2n) is 18.1. The highest BCUT2D eigenvalue weighted by atomic mass is 32.3. The number of carbonyl (C=O) groups is 1. The Kier molecular flexibility index (Phi) is 43.7. The zero-order valence-corrected chi connectivity index (χ0v) is 44.1. The molecule has 1 aliphatic heterocycles. The molecule has 1 rings (SSSR count). The molecule has 0 amide bonds. The van der Waals surface area contributed by atoms with E-state index in [-0.39, 0.29) is 19.6 Å². The van der Waals surface area contributed by atoms with Crippen molar-refractivity contribution in [2.75, 3.05) is 26.4 Å². The lowest BCUT2D eigenvalue weighted by Gasteiger charge is -2.41. The first kappa shape index (κ1) is 65.0. The van der Waals surface area contributed by atoms with Gasteiger partial charge in [0.15, 0.2) is 6.29 Å². The third kappa shape index (κ3) is 39.6. The van der Waals surface area contributed by atoms with Gasteiger partial charge < -0.3 is 34.3 Å². The second kappa shape index (κ2) is 47.1. The number of esters is 1. The van der Waals surface area contributed by atoms with E-state index in [1.807, 2.05) is 0 Å². The molecule has 0 saturated carbocycles. The molecule has 0 aromatic heterocycles. The van der Waals surface area contributed by atoms with Gasteiger partial charge in [0.1, 0.15) is 30.5 Å². The van der Waals surface area contributed by atoms with Gasteiger partial charge in [-0.05, 0) is 89.9 Å². The van der Waals surface area contributed by atoms with Crippen LogP contribution in [0.2, 0.25) is 0 Å². The van der Waals surface area contributed by atoms with Crippen LogP contribution in [-0.2, 0) is 38.3 Å². The summed E-state index contributed by atoms with van der Waals surface area (Å²) in [5, 5.41) is 30.8. The van der Waals surface area contributed by atoms with E-state index >= 15 is 0 Å². The quantitative estimate of drug-likeness (QED) is 0.0197. The van der Waals surface area contributed by atoms with Gasteiger partial charge in [0.05, 0.1) is 19.8 Å². The number of carbonyl (C=O) groups excluding carboxylic acids is 1. The molecule has 1 aliphatic rings. The molecule has 6 atom stereocenters. The van der Waals surface area contributed by atoms with Crippen LogP contribution in [0.1, 0.15) is 194 Å². The highest BCUT2D eigenvalue weighted by Gasteiger charge is 2.48. The largest absolute Gasteiger partial charge is 0.457 e. The van der Waals surface area contributed by atoms with Crippen LogP contribution in [0.5, 0.6) is 0 Å². The molecule has 0 aromatic rings. The molecule has 13 heteroatoms. The normalized spacial score (nSPS) is 19.9. The van der Waals surface area contributed by atoms with Crippen LogP contribution in [-0.4, -0.2) is 97.5 Å². The maximum absolute atomic E-state index is 12.9. The second-order valence-corrected chi connectivity index (χ2v) is 19.1. The van der Waals surface area contributed by atoms with Crippen molar-refractivity contribution in [2.24, 2.45) is 0 Å². The Balaban J connectivity index is 2.33. The predicted molar refractivity (Wildman–Crippen MR) is 285 cm³/mol. The third-order valence-corrected chi connectivity index (χ3v) is 12.2. The summed E-state index contributed by atoms with van der Waals surface area (Å²) >= 11 is 0. The summed E-state index contributed by atoms with van der Waals surface area (Å²) in [6.45, 7) is 3.74. The van der Waals surface area contributed by atoms with Gasteiger partial charge in [-0.25, -0.2) is 4.18 Å². The van der Waals surface area contributed by atoms with Crippen molar-refractivity contribution < 1.29 is 56.2 Å². The SMILES string of the molecule is CC/C=C\C/C=C\C/C=C\C/C=C\C/C=C\CCCCCCCCCCCCOCC(COC1OC(CO)C(O)C(OS(=O)(=O)O)C1O)OC(=O)CCCCCCCCC/C=C\C/C=C\C/C=C\CC. The van der Waals surface area contributed by atoms with Crippen LogP contribution in [0.15, 0.2) is 97.2 Å². The molecule has 6 unspecified atom stereocenters. The summed E-state index contributed by atoms with van der Waals surface area (Å²) in [6, 6.07) is 0. The topological polar surface area (TPSA) is 178 Å². The van der Waals surface area contributed by atoms with Crippen molar-refractivity contribution in [3.05, 3.63) is 97.2 Å². The summed E-state index contributed by atoms with van der Waals surface area (Å²) in [7, 11) is -5.07. The first-order chi connectivity index (χ1) is 34.1. The van der Waals surface area contributed by atoms with Crippen molar-refractivity contribution in [2.45, 2.75) is 230 Å². The molecule has 0 spiro atoms. The molecule has 12 nitrogen and oxygen atoms in total. The Hall–Kier alpha value is -2.98. The number of rotatable bonds is 46. The van der Waals surface area contributed by atoms with Gasteiger partial charge in [-0.1, -0.05) is 195 Å². The van der Waals surface area contributed by atoms with Gasteiger partial charge in [0.2, 0.25) is 0 Å². The fraction of sp³-hybridized carbons (Fsp3) is 0.702. The van der Waals surface area contributed by atoms with E-state index in [2.05, 4.69) is 115 Å². The van der Waals surface area contributed by atoms with Crippen molar-refractivity contribution in [1.82, 2.24) is 0 Å². The van der Waals surface area contributed by atoms with Crippen molar-refractivity contribution in [3.63, 3.8) is 0 Å². The van der Waals surface area contributed by atoms with E-state index < -0.39 is 59.8 Å². The maximum Gasteiger partial charge on any atom is 0.397 e. The zero-order chi connectivity index (χ0) is 51.0. The van der Waals surface area contributed by atoms with E-state index in [9.17, 15) is 33.1 Å². The van der Waals surface area contributed by atoms with E-state index in [1.54, 1.807) is 0 Å². The minimum atomic E-state index is -5.07. The molecule has 1 saturated heterocycles. The van der Waals surface area contributed by atoms with Gasteiger partial charge in [0, 0.05) is 13.0 Å². The molecular formula is C57H96O12S. The zero-order valence-electron chi connectivity index (χ0n) is 43.3. The van der Waals surface area contributed by atoms with Gasteiger partial charge in [0.25, 0.3) is 0 Å². The summed E-state index contributed by atoms with van der Waals surface area (Å²) in [4.78, 5) is 12.9. The van der Waals surface area contributed by atoms with Gasteiger partial charge in [-0.3, -0.25) is 9.35 Å². The Morgan fingerprint density at radius 2 is 0.943 bits per heavy atom. The van der Waals surface area contributed by atoms with Crippen LogP contribution < -0.4 is 0 Å². The molecule has 0 aliphatic carbocycles. The third-order valence-electron chi connectivity index (χ3n) is 11.7. The minimum Gasteiger partial charge on any atom is -0.457 e. The fourth-order valence-corrected chi connectivity index (χ4v) is 8.22. The number of allylic oxidation sites excluding steroid dienone is 16. The molecule has 1 fully saturated rings. The lowest BCUT2D eigenvalue weighted by molar-refractivity contribution is -0.301. The summed E-state index contributed by atoms with van der Waals surface area (Å²) in [5.41, 5.74) is 0. The molecule has 1 heterocycles. The number of hydrogen-bond donors (Lipinski definition) is 4. The number of aliphatic hydroxyl groups excluding tert-OH is 3. The fourth-order valence-electron chi connectivity index (χ4n) is 7.71. The summed E-state index contributed by atoms with van der Waals surface area (Å²) < 4.78 is 59.3. The Labute approximate surface area is 425 Å². The van der Waals surface area contributed by atoms with Crippen LogP contribution in [0.3, 0.4) is 0 Å². The molecule has 0 radical (unpaired) electrons. The van der Waals surface area contributed by atoms with Crippen molar-refractivity contribution in [1.29, 1.82) is 0 Å². The van der Waals surface area contributed by atoms with Crippen LogP contribution in [0.25, 0.3) is 0 Å². The summed E-state index contributed by atoms with van der Waals surface area (Å²) in [5.74, 6) is -0.414. The smallest absolute Gasteiger partial charge is 0.397 e. The highest BCUT2D eigenvalue weighted by Crippen LogP contribution is 2.26. The lowest BCUT2D eigenvalue weighted by atomic mass is 9.99. The monoisotopic (exact) mass is 1000 g/mol. The first-order valence-electron chi connectivity index (χ1n) is 27.0. The van der Waals surface area contributed by atoms with Gasteiger partial charge >= 0.3 is 16.4 Å². The van der Waals surface area contributed by atoms with E-state index in [0.29, 0.717) is 13.0 Å². The molecule has 402 valence electrons. The molecule has 4 N–H and O–H groups in total. The van der Waals surface area contributed by atoms with Crippen molar-refractivity contribution in [3.8, 4) is 0 Å². The average Bonchev–Trinajstić information content (AvgIpc) is 3.34. The van der Waals surface area contributed by atoms with Crippen LogP contribution >= 0.6 is 0 Å².